The Hall–Kier alpha value is -3.92. The SMILES string of the molecule is O=C(CSc1nnc(-c2ccncc2)n1C1CCCCC1)Nc1ncc2c(n1)CC(c1ccccc1)CC2=O. The molecular weight excluding hydrogens is 510 g/mol. The summed E-state index contributed by atoms with van der Waals surface area (Å²) in [5, 5.41) is 12.5. The highest BCUT2D eigenvalue weighted by molar-refractivity contribution is 7.99. The minimum absolute atomic E-state index is 0.0329. The molecule has 1 amide bonds. The van der Waals surface area contributed by atoms with Gasteiger partial charge >= 0.3 is 0 Å². The van der Waals surface area contributed by atoms with Gasteiger partial charge in [0.1, 0.15) is 0 Å². The molecule has 3 heterocycles. The molecule has 6 rings (SSSR count). The summed E-state index contributed by atoms with van der Waals surface area (Å²) in [6.07, 6.45) is 11.8. The van der Waals surface area contributed by atoms with Crippen molar-refractivity contribution in [3.8, 4) is 11.4 Å². The van der Waals surface area contributed by atoms with E-state index in [1.165, 1.54) is 37.2 Å². The second kappa shape index (κ2) is 11.4. The fourth-order valence-electron chi connectivity index (χ4n) is 5.50. The number of pyridine rings is 1. The maximum atomic E-state index is 12.9. The summed E-state index contributed by atoms with van der Waals surface area (Å²) in [5.74, 6) is 1.04. The van der Waals surface area contributed by atoms with E-state index in [9.17, 15) is 9.59 Å². The van der Waals surface area contributed by atoms with E-state index in [1.807, 2.05) is 42.5 Å². The second-order valence-corrected chi connectivity index (χ2v) is 11.0. The fraction of sp³-hybridized carbons (Fsp3) is 0.345. The van der Waals surface area contributed by atoms with Crippen LogP contribution in [-0.4, -0.2) is 47.2 Å². The van der Waals surface area contributed by atoms with E-state index in [2.05, 4.69) is 35.0 Å². The molecule has 0 aliphatic heterocycles. The van der Waals surface area contributed by atoms with Crippen molar-refractivity contribution in [3.05, 3.63) is 77.9 Å². The van der Waals surface area contributed by atoms with Crippen molar-refractivity contribution in [1.29, 1.82) is 0 Å². The Labute approximate surface area is 230 Å². The normalized spacial score (nSPS) is 17.5. The molecule has 39 heavy (non-hydrogen) atoms. The molecule has 1 aromatic carbocycles. The molecule has 2 aliphatic rings. The summed E-state index contributed by atoms with van der Waals surface area (Å²) >= 11 is 1.36. The Balaban J connectivity index is 1.16. The number of fused-ring (bicyclic) bond motifs is 1. The van der Waals surface area contributed by atoms with Gasteiger partial charge in [0.05, 0.1) is 17.0 Å². The monoisotopic (exact) mass is 539 g/mol. The number of carbonyl (C=O) groups excluding carboxylic acids is 2. The van der Waals surface area contributed by atoms with Crippen LogP contribution in [0, 0.1) is 0 Å². The average Bonchev–Trinajstić information content (AvgIpc) is 3.41. The predicted octanol–water partition coefficient (Wildman–Crippen LogP) is 5.28. The predicted molar refractivity (Wildman–Crippen MR) is 149 cm³/mol. The van der Waals surface area contributed by atoms with Crippen LogP contribution in [-0.2, 0) is 11.2 Å². The van der Waals surface area contributed by atoms with Crippen molar-refractivity contribution < 1.29 is 9.59 Å². The van der Waals surface area contributed by atoms with Gasteiger partial charge in [-0.1, -0.05) is 61.4 Å². The molecule has 0 spiro atoms. The quantitative estimate of drug-likeness (QED) is 0.316. The van der Waals surface area contributed by atoms with Crippen molar-refractivity contribution in [2.24, 2.45) is 0 Å². The minimum atomic E-state index is -0.231. The maximum absolute atomic E-state index is 12.9. The molecule has 2 aliphatic carbocycles. The minimum Gasteiger partial charge on any atom is -0.299 e. The molecule has 0 saturated heterocycles. The van der Waals surface area contributed by atoms with Gasteiger partial charge in [0.15, 0.2) is 16.8 Å². The summed E-state index contributed by atoms with van der Waals surface area (Å²) in [4.78, 5) is 38.6. The summed E-state index contributed by atoms with van der Waals surface area (Å²) in [5.41, 5.74) is 3.30. The molecule has 0 radical (unpaired) electrons. The lowest BCUT2D eigenvalue weighted by molar-refractivity contribution is -0.113. The van der Waals surface area contributed by atoms with Crippen LogP contribution in [0.25, 0.3) is 11.4 Å². The van der Waals surface area contributed by atoms with E-state index in [4.69, 9.17) is 0 Å². The molecule has 3 aromatic heterocycles. The van der Waals surface area contributed by atoms with Crippen LogP contribution in [0.3, 0.4) is 0 Å². The highest BCUT2D eigenvalue weighted by atomic mass is 32.2. The molecular formula is C29H29N7O2S. The number of nitrogens with zero attached hydrogens (tertiary/aromatic N) is 6. The van der Waals surface area contributed by atoms with E-state index < -0.39 is 0 Å². The number of benzene rings is 1. The first-order valence-corrected chi connectivity index (χ1v) is 14.4. The lowest BCUT2D eigenvalue weighted by Crippen LogP contribution is -2.23. The van der Waals surface area contributed by atoms with Crippen LogP contribution in [0.1, 0.15) is 72.1 Å². The van der Waals surface area contributed by atoms with Crippen molar-refractivity contribution in [3.63, 3.8) is 0 Å². The maximum Gasteiger partial charge on any atom is 0.237 e. The Kier molecular flexibility index (Phi) is 7.44. The third-order valence-electron chi connectivity index (χ3n) is 7.44. The van der Waals surface area contributed by atoms with E-state index in [0.29, 0.717) is 30.1 Å². The van der Waals surface area contributed by atoms with E-state index >= 15 is 0 Å². The van der Waals surface area contributed by atoms with Gasteiger partial charge in [0.25, 0.3) is 0 Å². The van der Waals surface area contributed by atoms with E-state index in [-0.39, 0.29) is 29.3 Å². The van der Waals surface area contributed by atoms with Crippen molar-refractivity contribution in [2.45, 2.75) is 62.1 Å². The van der Waals surface area contributed by atoms with Gasteiger partial charge in [-0.05, 0) is 42.9 Å². The van der Waals surface area contributed by atoms with Crippen molar-refractivity contribution in [1.82, 2.24) is 29.7 Å². The first kappa shape index (κ1) is 25.4. The van der Waals surface area contributed by atoms with Crippen molar-refractivity contribution in [2.75, 3.05) is 11.1 Å². The van der Waals surface area contributed by atoms with Gasteiger partial charge < -0.3 is 0 Å². The van der Waals surface area contributed by atoms with E-state index in [0.717, 1.165) is 34.9 Å². The van der Waals surface area contributed by atoms with E-state index in [1.54, 1.807) is 12.4 Å². The van der Waals surface area contributed by atoms with Gasteiger partial charge in [0, 0.05) is 36.6 Å². The largest absolute Gasteiger partial charge is 0.299 e. The van der Waals surface area contributed by atoms with Gasteiger partial charge in [-0.15, -0.1) is 10.2 Å². The highest BCUT2D eigenvalue weighted by Crippen LogP contribution is 2.36. The topological polar surface area (TPSA) is 116 Å². The molecule has 1 unspecified atom stereocenters. The zero-order valence-electron chi connectivity index (χ0n) is 21.5. The third-order valence-corrected chi connectivity index (χ3v) is 8.38. The average molecular weight is 540 g/mol. The standard InChI is InChI=1S/C29H29N7O2S/c37-25-16-21(19-7-3-1-4-8-19)15-24-23(25)17-31-28(32-24)33-26(38)18-39-29-35-34-27(20-11-13-30-14-12-20)36(29)22-9-5-2-6-10-22/h1,3-4,7-8,11-14,17,21-22H,2,5-6,9-10,15-16,18H2,(H,31,32,33,38). The lowest BCUT2D eigenvalue weighted by atomic mass is 9.82. The Morgan fingerprint density at radius 2 is 1.79 bits per heavy atom. The van der Waals surface area contributed by atoms with Crippen molar-refractivity contribution >= 4 is 29.4 Å². The summed E-state index contributed by atoms with van der Waals surface area (Å²) in [6, 6.07) is 14.2. The Morgan fingerprint density at radius 3 is 2.59 bits per heavy atom. The molecule has 198 valence electrons. The van der Waals surface area contributed by atoms with Crippen LogP contribution in [0.4, 0.5) is 5.95 Å². The van der Waals surface area contributed by atoms with Gasteiger partial charge in [-0.2, -0.15) is 0 Å². The molecule has 9 nitrogen and oxygen atoms in total. The molecule has 4 aromatic rings. The summed E-state index contributed by atoms with van der Waals surface area (Å²) in [6.45, 7) is 0. The van der Waals surface area contributed by atoms with Crippen LogP contribution in [0.15, 0.2) is 66.2 Å². The number of nitrogens with one attached hydrogen (secondary N) is 1. The number of thioether (sulfide) groups is 1. The first-order chi connectivity index (χ1) is 19.2. The Morgan fingerprint density at radius 1 is 1.00 bits per heavy atom. The van der Waals surface area contributed by atoms with Crippen LogP contribution < -0.4 is 5.32 Å². The van der Waals surface area contributed by atoms with Crippen LogP contribution in [0.2, 0.25) is 0 Å². The van der Waals surface area contributed by atoms with Gasteiger partial charge in [0.2, 0.25) is 11.9 Å². The summed E-state index contributed by atoms with van der Waals surface area (Å²) in [7, 11) is 0. The van der Waals surface area contributed by atoms with Gasteiger partial charge in [-0.25, -0.2) is 9.97 Å². The summed E-state index contributed by atoms with van der Waals surface area (Å²) < 4.78 is 2.19. The fourth-order valence-corrected chi connectivity index (χ4v) is 6.30. The first-order valence-electron chi connectivity index (χ1n) is 13.4. The third kappa shape index (κ3) is 5.61. The zero-order valence-corrected chi connectivity index (χ0v) is 22.3. The lowest BCUT2D eigenvalue weighted by Gasteiger charge is -2.25. The van der Waals surface area contributed by atoms with Crippen LogP contribution in [0.5, 0.6) is 0 Å². The highest BCUT2D eigenvalue weighted by Gasteiger charge is 2.28. The molecule has 0 bridgehead atoms. The van der Waals surface area contributed by atoms with Crippen LogP contribution >= 0.6 is 11.8 Å². The molecule has 10 heteroatoms. The number of Topliss-reactive ketones (excluding diaryl/α,β-unsaturated/α-hetero) is 1. The molecule has 1 saturated carbocycles. The second-order valence-electron chi connectivity index (χ2n) is 10.0. The number of carbonyl (C=O) groups is 2. The number of amides is 1. The number of hydrogen-bond donors (Lipinski definition) is 1. The number of ketones is 1. The smallest absolute Gasteiger partial charge is 0.237 e. The number of anilines is 1. The number of aromatic nitrogens is 6. The zero-order chi connectivity index (χ0) is 26.6. The van der Waals surface area contributed by atoms with Gasteiger partial charge in [-0.3, -0.25) is 24.5 Å². The molecule has 1 atom stereocenters. The molecule has 1 N–H and O–H groups in total. The number of hydrogen-bond acceptors (Lipinski definition) is 8. The molecule has 1 fully saturated rings. The Bertz CT molecular complexity index is 1470. The number of rotatable bonds is 7.